The van der Waals surface area contributed by atoms with E-state index in [9.17, 15) is 20.0 Å². The molecular weight excluding hydrogens is 528 g/mol. The van der Waals surface area contributed by atoms with Crippen LogP contribution in [0.3, 0.4) is 0 Å². The molecule has 14 heteroatoms. The number of aromatic nitrogens is 5. The normalized spacial score (nSPS) is 18.0. The maximum Gasteiger partial charge on any atom is 0.348 e. The number of thiazole rings is 1. The van der Waals surface area contributed by atoms with E-state index in [1.165, 1.54) is 11.0 Å². The third kappa shape index (κ3) is 4.29. The van der Waals surface area contributed by atoms with Crippen molar-refractivity contribution in [3.63, 3.8) is 0 Å². The molecule has 4 heterocycles. The Labute approximate surface area is 206 Å². The monoisotopic (exact) mass is 548 g/mol. The number of nitrogens with one attached hydrogen (secondary N) is 2. The summed E-state index contributed by atoms with van der Waals surface area (Å²) < 4.78 is 7.55. The fraction of sp³-hybridized carbons (Fsp3) is 0.400. The average Bonchev–Trinajstić information content (AvgIpc) is 3.50. The SMILES string of the molecule is COC1CN(c2nc(-c3ncnn3C)c(C(=O)O)s2)CCC1NC(=O)c1[nH]c(C)c(C#N)c1Br. The minimum absolute atomic E-state index is 0.0794. The van der Waals surface area contributed by atoms with Crippen molar-refractivity contribution in [1.29, 1.82) is 5.26 Å². The van der Waals surface area contributed by atoms with Gasteiger partial charge in [0.25, 0.3) is 5.91 Å². The summed E-state index contributed by atoms with van der Waals surface area (Å²) in [6, 6.07) is 1.78. The number of aromatic amines is 1. The summed E-state index contributed by atoms with van der Waals surface area (Å²) in [5.74, 6) is -1.06. The van der Waals surface area contributed by atoms with Gasteiger partial charge in [0.05, 0.1) is 22.2 Å². The molecule has 12 nitrogen and oxygen atoms in total. The number of methoxy groups -OCH3 is 1. The van der Waals surface area contributed by atoms with Crippen molar-refractivity contribution in [2.45, 2.75) is 25.5 Å². The highest BCUT2D eigenvalue weighted by atomic mass is 79.9. The van der Waals surface area contributed by atoms with Gasteiger partial charge < -0.3 is 25.0 Å². The van der Waals surface area contributed by atoms with Crippen LogP contribution in [0.2, 0.25) is 0 Å². The number of hydrogen-bond acceptors (Lipinski definition) is 9. The van der Waals surface area contributed by atoms with Crippen LogP contribution in [0, 0.1) is 18.3 Å². The largest absolute Gasteiger partial charge is 0.477 e. The summed E-state index contributed by atoms with van der Waals surface area (Å²) in [4.78, 5) is 38.3. The molecule has 1 amide bonds. The number of carboxylic acids is 1. The van der Waals surface area contributed by atoms with Crippen molar-refractivity contribution in [3.05, 3.63) is 32.6 Å². The Kier molecular flexibility index (Phi) is 6.69. The van der Waals surface area contributed by atoms with E-state index in [-0.39, 0.29) is 34.3 Å². The van der Waals surface area contributed by atoms with Crippen LogP contribution in [0.5, 0.6) is 0 Å². The van der Waals surface area contributed by atoms with Gasteiger partial charge in [0, 0.05) is 32.9 Å². The Balaban J connectivity index is 1.52. The second kappa shape index (κ2) is 9.53. The fourth-order valence-electron chi connectivity index (χ4n) is 3.87. The summed E-state index contributed by atoms with van der Waals surface area (Å²) in [5, 5.41) is 26.4. The molecule has 0 saturated carbocycles. The molecule has 178 valence electrons. The number of nitriles is 1. The first-order chi connectivity index (χ1) is 16.2. The lowest BCUT2D eigenvalue weighted by Gasteiger charge is -2.37. The topological polar surface area (TPSA) is 162 Å². The number of aryl methyl sites for hydroxylation is 2. The third-order valence-electron chi connectivity index (χ3n) is 5.65. The molecule has 1 aliphatic heterocycles. The molecule has 0 aromatic carbocycles. The van der Waals surface area contributed by atoms with Crippen LogP contribution in [0.25, 0.3) is 11.5 Å². The number of carbonyl (C=O) groups is 2. The van der Waals surface area contributed by atoms with Crippen molar-refractivity contribution in [2.75, 3.05) is 25.1 Å². The maximum atomic E-state index is 12.9. The predicted octanol–water partition coefficient (Wildman–Crippen LogP) is 1.93. The van der Waals surface area contributed by atoms with Gasteiger partial charge in [-0.25, -0.2) is 19.4 Å². The summed E-state index contributed by atoms with van der Waals surface area (Å²) in [5.41, 5.74) is 1.54. The lowest BCUT2D eigenvalue weighted by atomic mass is 10.0. The molecule has 2 atom stereocenters. The van der Waals surface area contributed by atoms with E-state index in [1.54, 1.807) is 21.1 Å². The van der Waals surface area contributed by atoms with Crippen LogP contribution in [0.15, 0.2) is 10.8 Å². The number of amides is 1. The minimum atomic E-state index is -1.09. The van der Waals surface area contributed by atoms with Crippen molar-refractivity contribution in [3.8, 4) is 17.6 Å². The van der Waals surface area contributed by atoms with Gasteiger partial charge in [0.2, 0.25) is 0 Å². The van der Waals surface area contributed by atoms with Crippen molar-refractivity contribution in [2.24, 2.45) is 7.05 Å². The van der Waals surface area contributed by atoms with E-state index in [4.69, 9.17) is 4.74 Å². The van der Waals surface area contributed by atoms with E-state index in [0.29, 0.717) is 46.2 Å². The molecule has 0 aliphatic carbocycles. The van der Waals surface area contributed by atoms with Crippen molar-refractivity contribution >= 4 is 44.3 Å². The highest BCUT2D eigenvalue weighted by Gasteiger charge is 2.34. The van der Waals surface area contributed by atoms with E-state index < -0.39 is 5.97 Å². The Morgan fingerprint density at radius 1 is 1.47 bits per heavy atom. The summed E-state index contributed by atoms with van der Waals surface area (Å²) >= 11 is 4.39. The number of anilines is 1. The lowest BCUT2D eigenvalue weighted by Crippen LogP contribution is -2.55. The molecule has 0 radical (unpaired) electrons. The van der Waals surface area contributed by atoms with E-state index in [1.807, 2.05) is 4.90 Å². The number of halogens is 1. The number of hydrogen-bond donors (Lipinski definition) is 3. The number of aromatic carboxylic acids is 1. The zero-order valence-corrected chi connectivity index (χ0v) is 20.9. The van der Waals surface area contributed by atoms with Crippen LogP contribution < -0.4 is 10.2 Å². The zero-order chi connectivity index (χ0) is 24.6. The van der Waals surface area contributed by atoms with E-state index >= 15 is 0 Å². The van der Waals surface area contributed by atoms with Gasteiger partial charge in [-0.3, -0.25) is 4.79 Å². The number of rotatable bonds is 6. The first-order valence-electron chi connectivity index (χ1n) is 10.2. The first-order valence-corrected chi connectivity index (χ1v) is 11.8. The molecule has 3 aromatic rings. The molecule has 0 bridgehead atoms. The molecule has 1 fully saturated rings. The Hall–Kier alpha value is -3.28. The second-order valence-corrected chi connectivity index (χ2v) is 9.47. The van der Waals surface area contributed by atoms with Crippen LogP contribution in [-0.4, -0.2) is 74.1 Å². The molecule has 1 aliphatic rings. The van der Waals surface area contributed by atoms with Crippen LogP contribution in [0.4, 0.5) is 5.13 Å². The van der Waals surface area contributed by atoms with Crippen molar-refractivity contribution in [1.82, 2.24) is 30.0 Å². The van der Waals surface area contributed by atoms with Gasteiger partial charge in [-0.05, 0) is 29.3 Å². The summed E-state index contributed by atoms with van der Waals surface area (Å²) in [6.45, 7) is 2.66. The minimum Gasteiger partial charge on any atom is -0.477 e. The number of piperidine rings is 1. The van der Waals surface area contributed by atoms with E-state index in [2.05, 4.69) is 47.4 Å². The van der Waals surface area contributed by atoms with E-state index in [0.717, 1.165) is 11.3 Å². The second-order valence-electron chi connectivity index (χ2n) is 7.70. The quantitative estimate of drug-likeness (QED) is 0.417. The Morgan fingerprint density at radius 3 is 2.82 bits per heavy atom. The molecule has 1 saturated heterocycles. The average molecular weight is 549 g/mol. The molecule has 2 unspecified atom stereocenters. The number of carboxylic acid groups (broad SMARTS) is 1. The number of H-pyrrole nitrogens is 1. The van der Waals surface area contributed by atoms with Gasteiger partial charge in [-0.2, -0.15) is 10.4 Å². The summed E-state index contributed by atoms with van der Waals surface area (Å²) in [6.07, 6.45) is 1.53. The van der Waals surface area contributed by atoms with Crippen LogP contribution >= 0.6 is 27.3 Å². The van der Waals surface area contributed by atoms with Crippen molar-refractivity contribution < 1.29 is 19.4 Å². The van der Waals surface area contributed by atoms with Crippen LogP contribution in [-0.2, 0) is 11.8 Å². The predicted molar refractivity (Wildman–Crippen MR) is 126 cm³/mol. The van der Waals surface area contributed by atoms with Gasteiger partial charge in [0.1, 0.15) is 28.7 Å². The number of ether oxygens (including phenoxy) is 1. The smallest absolute Gasteiger partial charge is 0.348 e. The highest BCUT2D eigenvalue weighted by molar-refractivity contribution is 9.10. The molecule has 34 heavy (non-hydrogen) atoms. The van der Waals surface area contributed by atoms with Gasteiger partial charge in [-0.1, -0.05) is 11.3 Å². The van der Waals surface area contributed by atoms with Gasteiger partial charge in [-0.15, -0.1) is 0 Å². The first kappa shape index (κ1) is 23.9. The molecule has 0 spiro atoms. The zero-order valence-electron chi connectivity index (χ0n) is 18.5. The standard InChI is InChI=1S/C20H21BrN8O4S/c1-9-10(6-22)13(21)14(25-9)18(30)26-11-4-5-29(7-12(11)33-3)20-27-15(16(34-20)19(31)32)17-23-8-24-28(17)2/h8,11-12,25H,4-5,7H2,1-3H3,(H,26,30)(H,31,32). The number of nitrogens with zero attached hydrogens (tertiary/aromatic N) is 6. The number of carbonyl (C=O) groups excluding carboxylic acids is 1. The molecule has 3 aromatic heterocycles. The van der Waals surface area contributed by atoms with Gasteiger partial charge >= 0.3 is 5.97 Å². The third-order valence-corrected chi connectivity index (χ3v) is 7.54. The maximum absolute atomic E-state index is 12.9. The Morgan fingerprint density at radius 2 is 2.24 bits per heavy atom. The molecule has 3 N–H and O–H groups in total. The fourth-order valence-corrected chi connectivity index (χ4v) is 5.47. The van der Waals surface area contributed by atoms with Gasteiger partial charge in [0.15, 0.2) is 11.0 Å². The molecule has 4 rings (SSSR count). The Bertz CT molecular complexity index is 1290. The molecular formula is C20H21BrN8O4S. The van der Waals surface area contributed by atoms with Crippen LogP contribution in [0.1, 0.15) is 37.8 Å². The highest BCUT2D eigenvalue weighted by Crippen LogP contribution is 2.34. The summed E-state index contributed by atoms with van der Waals surface area (Å²) in [7, 11) is 3.23. The lowest BCUT2D eigenvalue weighted by molar-refractivity contribution is 0.0540.